The highest BCUT2D eigenvalue weighted by atomic mass is 32.2. The predicted molar refractivity (Wildman–Crippen MR) is 110 cm³/mol. The van der Waals surface area contributed by atoms with Gasteiger partial charge in [0.05, 0.1) is 4.90 Å². The number of hydrogen-bond donors (Lipinski definition) is 1. The molecular weight excluding hydrogens is 410 g/mol. The molecular formula is C19H19N5O3S2. The molecule has 1 fully saturated rings. The van der Waals surface area contributed by atoms with Crippen molar-refractivity contribution in [2.45, 2.75) is 24.2 Å². The Balaban J connectivity index is 1.45. The van der Waals surface area contributed by atoms with Crippen LogP contribution in [-0.2, 0) is 10.0 Å². The Labute approximate surface area is 172 Å². The largest absolute Gasteiger partial charge is 0.321 e. The Hall–Kier alpha value is -2.69. The zero-order valence-electron chi connectivity index (χ0n) is 15.5. The molecule has 1 aliphatic rings. The van der Waals surface area contributed by atoms with Gasteiger partial charge in [-0.15, -0.1) is 11.3 Å². The van der Waals surface area contributed by atoms with Gasteiger partial charge in [-0.3, -0.25) is 4.79 Å². The summed E-state index contributed by atoms with van der Waals surface area (Å²) in [5.74, 6) is 0.0823. The molecule has 0 saturated carbocycles. The van der Waals surface area contributed by atoms with Gasteiger partial charge in [-0.1, -0.05) is 6.42 Å². The molecule has 150 valence electrons. The second-order valence-corrected chi connectivity index (χ2v) is 9.35. The van der Waals surface area contributed by atoms with Crippen LogP contribution < -0.4 is 5.32 Å². The van der Waals surface area contributed by atoms with E-state index in [9.17, 15) is 13.2 Å². The fraction of sp³-hybridized carbons (Fsp3) is 0.263. The van der Waals surface area contributed by atoms with Crippen molar-refractivity contribution in [3.63, 3.8) is 0 Å². The number of carbonyl (C=O) groups excluding carboxylic acids is 1. The van der Waals surface area contributed by atoms with Gasteiger partial charge in [-0.25, -0.2) is 23.4 Å². The monoisotopic (exact) mass is 429 g/mol. The van der Waals surface area contributed by atoms with Gasteiger partial charge < -0.3 is 5.32 Å². The Kier molecular flexibility index (Phi) is 5.65. The molecule has 0 atom stereocenters. The number of amides is 1. The number of benzene rings is 1. The zero-order chi connectivity index (χ0) is 20.3. The third-order valence-corrected chi connectivity index (χ3v) is 7.31. The van der Waals surface area contributed by atoms with Crippen molar-refractivity contribution >= 4 is 33.0 Å². The van der Waals surface area contributed by atoms with E-state index in [1.165, 1.54) is 27.8 Å². The van der Waals surface area contributed by atoms with E-state index in [0.717, 1.165) is 19.3 Å². The van der Waals surface area contributed by atoms with E-state index in [0.29, 0.717) is 29.6 Å². The summed E-state index contributed by atoms with van der Waals surface area (Å²) in [5.41, 5.74) is 0.751. The minimum absolute atomic E-state index is 0.231. The lowest BCUT2D eigenvalue weighted by atomic mass is 10.2. The van der Waals surface area contributed by atoms with Crippen molar-refractivity contribution in [3.05, 3.63) is 53.8 Å². The summed E-state index contributed by atoms with van der Waals surface area (Å²) in [6.45, 7) is 1.11. The average Bonchev–Trinajstić information content (AvgIpc) is 3.26. The molecule has 0 radical (unpaired) electrons. The maximum Gasteiger partial charge on any atom is 0.275 e. The van der Waals surface area contributed by atoms with Gasteiger partial charge in [0, 0.05) is 36.6 Å². The molecule has 1 amide bonds. The van der Waals surface area contributed by atoms with Crippen LogP contribution in [0.5, 0.6) is 0 Å². The lowest BCUT2D eigenvalue weighted by molar-refractivity contribution is 0.102. The number of rotatable bonds is 5. The average molecular weight is 430 g/mol. The number of thiazole rings is 1. The first-order valence-corrected chi connectivity index (χ1v) is 11.5. The smallest absolute Gasteiger partial charge is 0.275 e. The van der Waals surface area contributed by atoms with Crippen molar-refractivity contribution in [1.29, 1.82) is 0 Å². The van der Waals surface area contributed by atoms with Crippen molar-refractivity contribution in [3.8, 4) is 10.8 Å². The molecule has 1 saturated heterocycles. The molecule has 0 bridgehead atoms. The van der Waals surface area contributed by atoms with E-state index in [4.69, 9.17) is 0 Å². The van der Waals surface area contributed by atoms with Crippen molar-refractivity contribution in [2.24, 2.45) is 0 Å². The van der Waals surface area contributed by atoms with Crippen molar-refractivity contribution in [2.75, 3.05) is 18.4 Å². The topological polar surface area (TPSA) is 105 Å². The minimum Gasteiger partial charge on any atom is -0.321 e. The van der Waals surface area contributed by atoms with Gasteiger partial charge >= 0.3 is 0 Å². The number of aromatic nitrogens is 3. The number of carbonyl (C=O) groups is 1. The highest BCUT2D eigenvalue weighted by Gasteiger charge is 2.25. The number of anilines is 1. The zero-order valence-corrected chi connectivity index (χ0v) is 17.1. The van der Waals surface area contributed by atoms with Crippen LogP contribution in [0.2, 0.25) is 0 Å². The van der Waals surface area contributed by atoms with Gasteiger partial charge in [0.2, 0.25) is 10.0 Å². The predicted octanol–water partition coefficient (Wildman–Crippen LogP) is 3.03. The van der Waals surface area contributed by atoms with Crippen molar-refractivity contribution < 1.29 is 13.2 Å². The maximum atomic E-state index is 12.7. The van der Waals surface area contributed by atoms with E-state index in [-0.39, 0.29) is 16.5 Å². The van der Waals surface area contributed by atoms with Crippen molar-refractivity contribution in [1.82, 2.24) is 19.3 Å². The lowest BCUT2D eigenvalue weighted by Crippen LogP contribution is -2.35. The number of piperidine rings is 1. The Morgan fingerprint density at radius 1 is 1.03 bits per heavy atom. The summed E-state index contributed by atoms with van der Waals surface area (Å²) in [7, 11) is -3.49. The molecule has 1 aliphatic heterocycles. The first-order valence-electron chi connectivity index (χ1n) is 9.18. The van der Waals surface area contributed by atoms with Crippen LogP contribution in [0.15, 0.2) is 53.0 Å². The second-order valence-electron chi connectivity index (χ2n) is 6.55. The molecule has 1 N–H and O–H groups in total. The van der Waals surface area contributed by atoms with Gasteiger partial charge in [0.15, 0.2) is 10.8 Å². The van der Waals surface area contributed by atoms with Crippen LogP contribution in [0.4, 0.5) is 5.69 Å². The van der Waals surface area contributed by atoms with E-state index >= 15 is 0 Å². The molecule has 0 spiro atoms. The van der Waals surface area contributed by atoms with Crippen LogP contribution in [0, 0.1) is 0 Å². The summed E-state index contributed by atoms with van der Waals surface area (Å²) in [5, 5.41) is 4.93. The van der Waals surface area contributed by atoms with Gasteiger partial charge in [-0.05, 0) is 43.2 Å². The number of sulfonamides is 1. The van der Waals surface area contributed by atoms with Crippen LogP contribution in [0.1, 0.15) is 29.8 Å². The fourth-order valence-electron chi connectivity index (χ4n) is 3.05. The van der Waals surface area contributed by atoms with E-state index in [2.05, 4.69) is 20.3 Å². The summed E-state index contributed by atoms with van der Waals surface area (Å²) < 4.78 is 26.9. The number of nitrogens with zero attached hydrogens (tertiary/aromatic N) is 4. The summed E-state index contributed by atoms with van der Waals surface area (Å²) in [4.78, 5) is 25.2. The third kappa shape index (κ3) is 4.34. The third-order valence-electron chi connectivity index (χ3n) is 4.56. The number of nitrogens with one attached hydrogen (secondary N) is 1. The van der Waals surface area contributed by atoms with Crippen LogP contribution in [0.3, 0.4) is 0 Å². The highest BCUT2D eigenvalue weighted by Crippen LogP contribution is 2.23. The molecule has 0 aliphatic carbocycles. The highest BCUT2D eigenvalue weighted by molar-refractivity contribution is 7.89. The molecule has 3 heterocycles. The summed E-state index contributed by atoms with van der Waals surface area (Å²) in [6, 6.07) is 7.91. The molecule has 0 unspecified atom stereocenters. The minimum atomic E-state index is -3.49. The van der Waals surface area contributed by atoms with Crippen LogP contribution in [-0.4, -0.2) is 46.7 Å². The standard InChI is InChI=1S/C19H19N5O3S2/c25-18(16-13-28-19(23-16)17-20-9-4-10-21-17)22-14-5-7-15(8-6-14)29(26,27)24-11-2-1-3-12-24/h4-10,13H,1-3,11-12H2,(H,22,25). The Bertz CT molecular complexity index is 1090. The molecule has 1 aromatic carbocycles. The van der Waals surface area contributed by atoms with Gasteiger partial charge in [0.1, 0.15) is 5.69 Å². The first kappa shape index (κ1) is 19.6. The maximum absolute atomic E-state index is 12.7. The molecule has 4 rings (SSSR count). The summed E-state index contributed by atoms with van der Waals surface area (Å²) in [6.07, 6.45) is 6.06. The Morgan fingerprint density at radius 2 is 1.72 bits per heavy atom. The lowest BCUT2D eigenvalue weighted by Gasteiger charge is -2.25. The summed E-state index contributed by atoms with van der Waals surface area (Å²) >= 11 is 1.28. The fourth-order valence-corrected chi connectivity index (χ4v) is 5.31. The van der Waals surface area contributed by atoms with Crippen LogP contribution in [0.25, 0.3) is 10.8 Å². The second kappa shape index (κ2) is 8.36. The van der Waals surface area contributed by atoms with Gasteiger partial charge in [-0.2, -0.15) is 4.31 Å². The molecule has 8 nitrogen and oxygen atoms in total. The number of hydrogen-bond acceptors (Lipinski definition) is 7. The van der Waals surface area contributed by atoms with Gasteiger partial charge in [0.25, 0.3) is 5.91 Å². The normalized spacial score (nSPS) is 15.2. The molecule has 3 aromatic rings. The van der Waals surface area contributed by atoms with Crippen LogP contribution >= 0.6 is 11.3 Å². The molecule has 2 aromatic heterocycles. The SMILES string of the molecule is O=C(Nc1ccc(S(=O)(=O)N2CCCCC2)cc1)c1csc(-c2ncccn2)n1. The van der Waals surface area contributed by atoms with E-state index in [1.807, 2.05) is 0 Å². The van der Waals surface area contributed by atoms with E-state index in [1.54, 1.807) is 36.0 Å². The molecule has 29 heavy (non-hydrogen) atoms. The molecule has 10 heteroatoms. The first-order chi connectivity index (χ1) is 14.0. The quantitative estimate of drug-likeness (QED) is 0.668. The van der Waals surface area contributed by atoms with E-state index < -0.39 is 10.0 Å². The Morgan fingerprint density at radius 3 is 2.41 bits per heavy atom.